The molecule has 0 radical (unpaired) electrons. The maximum absolute atomic E-state index is 14.7. The maximum Gasteiger partial charge on any atom is 0.246 e. The van der Waals surface area contributed by atoms with Crippen molar-refractivity contribution < 1.29 is 19.2 Å². The highest BCUT2D eigenvalue weighted by atomic mass is 16.2. The second-order valence-corrected chi connectivity index (χ2v) is 12.8. The highest BCUT2D eigenvalue weighted by molar-refractivity contribution is 5.95. The van der Waals surface area contributed by atoms with Gasteiger partial charge in [-0.2, -0.15) is 0 Å². The first-order chi connectivity index (χ1) is 23.6. The molecule has 1 heterocycles. The van der Waals surface area contributed by atoms with Crippen LogP contribution in [0.25, 0.3) is 0 Å². The smallest absolute Gasteiger partial charge is 0.246 e. The number of amides is 4. The highest BCUT2D eigenvalue weighted by Gasteiger charge is 2.39. The molecule has 49 heavy (non-hydrogen) atoms. The summed E-state index contributed by atoms with van der Waals surface area (Å²) in [5.74, 6) is -1.63. The molecule has 0 fully saturated rings. The van der Waals surface area contributed by atoms with Crippen LogP contribution in [0.5, 0.6) is 0 Å². The number of rotatable bonds is 13. The van der Waals surface area contributed by atoms with Crippen LogP contribution in [0.4, 0.5) is 0 Å². The van der Waals surface area contributed by atoms with Gasteiger partial charge in [0.05, 0.1) is 6.04 Å². The van der Waals surface area contributed by atoms with E-state index >= 15 is 0 Å². The molecule has 0 spiro atoms. The number of nitrogens with two attached hydrogens (primary N) is 1. The number of carbonyl (C=O) groups excluding carboxylic acids is 4. The highest BCUT2D eigenvalue weighted by Crippen LogP contribution is 2.21. The zero-order chi connectivity index (χ0) is 34.9. The Bertz CT molecular complexity index is 1730. The lowest BCUT2D eigenvalue weighted by Crippen LogP contribution is -2.60. The third-order valence-electron chi connectivity index (χ3n) is 9.54. The Morgan fingerprint density at radius 2 is 0.980 bits per heavy atom. The van der Waals surface area contributed by atoms with E-state index in [4.69, 9.17) is 5.73 Å². The van der Waals surface area contributed by atoms with Crippen molar-refractivity contribution in [1.29, 1.82) is 0 Å². The van der Waals surface area contributed by atoms with Crippen molar-refractivity contribution in [3.05, 3.63) is 143 Å². The molecule has 0 aromatic heterocycles. The molecule has 0 saturated carbocycles. The van der Waals surface area contributed by atoms with Gasteiger partial charge in [-0.15, -0.1) is 0 Å². The number of primary amides is 1. The third kappa shape index (κ3) is 8.61. The number of likely N-dealkylation sites (N-methyl/N-ethyl adjacent to an activating group) is 3. The Morgan fingerprint density at radius 1 is 0.592 bits per heavy atom. The molecule has 9 heteroatoms. The van der Waals surface area contributed by atoms with Crippen LogP contribution in [-0.2, 0) is 51.4 Å². The normalized spacial score (nSPS) is 15.6. The van der Waals surface area contributed by atoms with E-state index in [-0.39, 0.29) is 31.1 Å². The Kier molecular flexibility index (Phi) is 11.6. The number of benzene rings is 4. The second kappa shape index (κ2) is 16.2. The molecule has 1 aliphatic rings. The summed E-state index contributed by atoms with van der Waals surface area (Å²) in [6.45, 7) is 0.557. The molecular formula is C40H45N5O4. The fraction of sp³-hybridized carbons (Fsp3) is 0.300. The van der Waals surface area contributed by atoms with Gasteiger partial charge in [-0.25, -0.2) is 0 Å². The van der Waals surface area contributed by atoms with Crippen molar-refractivity contribution >= 4 is 23.6 Å². The van der Waals surface area contributed by atoms with Gasteiger partial charge >= 0.3 is 0 Å². The predicted molar refractivity (Wildman–Crippen MR) is 190 cm³/mol. The van der Waals surface area contributed by atoms with Gasteiger partial charge in [0, 0.05) is 47.0 Å². The lowest BCUT2D eigenvalue weighted by Gasteiger charge is -2.38. The van der Waals surface area contributed by atoms with Crippen LogP contribution >= 0.6 is 0 Å². The maximum atomic E-state index is 14.7. The van der Waals surface area contributed by atoms with Crippen molar-refractivity contribution in [1.82, 2.24) is 20.0 Å². The van der Waals surface area contributed by atoms with Crippen LogP contribution in [0.2, 0.25) is 0 Å². The fourth-order valence-electron chi connectivity index (χ4n) is 6.53. The minimum atomic E-state index is -0.973. The van der Waals surface area contributed by atoms with Crippen LogP contribution in [0.3, 0.4) is 0 Å². The van der Waals surface area contributed by atoms with E-state index in [0.29, 0.717) is 13.0 Å². The second-order valence-electron chi connectivity index (χ2n) is 12.8. The van der Waals surface area contributed by atoms with Crippen LogP contribution in [0.15, 0.2) is 115 Å². The van der Waals surface area contributed by atoms with Crippen molar-refractivity contribution in [2.75, 3.05) is 21.1 Å². The van der Waals surface area contributed by atoms with E-state index in [1.807, 2.05) is 115 Å². The molecule has 0 unspecified atom stereocenters. The van der Waals surface area contributed by atoms with Crippen LogP contribution in [-0.4, -0.2) is 83.6 Å². The van der Waals surface area contributed by atoms with E-state index in [1.165, 1.54) is 14.7 Å². The van der Waals surface area contributed by atoms with Gasteiger partial charge < -0.3 is 25.8 Å². The van der Waals surface area contributed by atoms with E-state index in [2.05, 4.69) is 5.32 Å². The quantitative estimate of drug-likeness (QED) is 0.228. The first kappa shape index (κ1) is 35.0. The summed E-state index contributed by atoms with van der Waals surface area (Å²) >= 11 is 0. The van der Waals surface area contributed by atoms with Crippen LogP contribution in [0, 0.1) is 0 Å². The fourth-order valence-corrected chi connectivity index (χ4v) is 6.53. The number of hydrogen-bond acceptors (Lipinski definition) is 5. The topological polar surface area (TPSA) is 116 Å². The number of fused-ring (bicyclic) bond motifs is 1. The first-order valence-corrected chi connectivity index (χ1v) is 16.6. The predicted octanol–water partition coefficient (Wildman–Crippen LogP) is 3.40. The van der Waals surface area contributed by atoms with Crippen molar-refractivity contribution in [2.24, 2.45) is 5.73 Å². The summed E-state index contributed by atoms with van der Waals surface area (Å²) < 4.78 is 0. The Labute approximate surface area is 288 Å². The molecule has 3 N–H and O–H groups in total. The molecular weight excluding hydrogens is 614 g/mol. The minimum absolute atomic E-state index is 0.197. The largest absolute Gasteiger partial charge is 0.368 e. The van der Waals surface area contributed by atoms with E-state index in [0.717, 1.165) is 27.8 Å². The zero-order valence-corrected chi connectivity index (χ0v) is 28.4. The molecule has 254 valence electrons. The Balaban J connectivity index is 1.44. The summed E-state index contributed by atoms with van der Waals surface area (Å²) in [5.41, 5.74) is 10.7. The minimum Gasteiger partial charge on any atom is -0.368 e. The lowest BCUT2D eigenvalue weighted by molar-refractivity contribution is -0.151. The number of hydrogen-bond donors (Lipinski definition) is 2. The molecule has 0 saturated heterocycles. The summed E-state index contributed by atoms with van der Waals surface area (Å²) in [5, 5.41) is 3.35. The van der Waals surface area contributed by atoms with Crippen LogP contribution < -0.4 is 11.1 Å². The average Bonchev–Trinajstić information content (AvgIpc) is 3.14. The molecule has 4 amide bonds. The molecule has 0 bridgehead atoms. The number of nitrogens with zero attached hydrogens (tertiary/aromatic N) is 3. The summed E-state index contributed by atoms with van der Waals surface area (Å²) in [6, 6.07) is 33.1. The van der Waals surface area contributed by atoms with Gasteiger partial charge in [0.1, 0.15) is 18.1 Å². The molecule has 5 rings (SSSR count). The molecule has 4 aromatic rings. The Morgan fingerprint density at radius 3 is 1.45 bits per heavy atom. The molecule has 1 aliphatic heterocycles. The molecule has 4 atom stereocenters. The summed E-state index contributed by atoms with van der Waals surface area (Å²) in [6.07, 6.45) is 1.21. The van der Waals surface area contributed by atoms with Gasteiger partial charge in [-0.3, -0.25) is 19.2 Å². The molecule has 4 aromatic carbocycles. The van der Waals surface area contributed by atoms with Gasteiger partial charge in [0.25, 0.3) is 0 Å². The summed E-state index contributed by atoms with van der Waals surface area (Å²) in [4.78, 5) is 60.2. The van der Waals surface area contributed by atoms with E-state index in [9.17, 15) is 19.2 Å². The lowest BCUT2D eigenvalue weighted by atomic mass is 9.94. The average molecular weight is 660 g/mol. The van der Waals surface area contributed by atoms with Crippen molar-refractivity contribution in [3.63, 3.8) is 0 Å². The van der Waals surface area contributed by atoms with Crippen molar-refractivity contribution in [2.45, 2.75) is 56.4 Å². The van der Waals surface area contributed by atoms with Gasteiger partial charge in [0.15, 0.2) is 0 Å². The third-order valence-corrected chi connectivity index (χ3v) is 9.54. The number of carbonyl (C=O) groups is 4. The molecule has 9 nitrogen and oxygen atoms in total. The Hall–Kier alpha value is -5.28. The molecule has 0 aliphatic carbocycles. The standard InChI is InChI=1S/C40H45N5O4/c1-43(34(37(41)46)23-28-15-7-4-8-16-28)39(48)36(25-30-19-11-6-12-20-30)45(3)40(49)35(24-29-17-9-5-10-18-29)44(2)38(47)33-26-31-21-13-14-22-32(31)27-42-33/h4-22,33-36,42H,23-27H2,1-3H3,(H2,41,46)/t33-,34-,35-,36-/m0/s1. The summed E-state index contributed by atoms with van der Waals surface area (Å²) in [7, 11) is 4.82. The monoisotopic (exact) mass is 659 g/mol. The van der Waals surface area contributed by atoms with Gasteiger partial charge in [-0.05, 0) is 34.2 Å². The number of nitrogens with one attached hydrogen (secondary N) is 1. The van der Waals surface area contributed by atoms with Crippen molar-refractivity contribution in [3.8, 4) is 0 Å². The van der Waals surface area contributed by atoms with E-state index in [1.54, 1.807) is 21.1 Å². The van der Waals surface area contributed by atoms with Crippen LogP contribution in [0.1, 0.15) is 27.8 Å². The zero-order valence-electron chi connectivity index (χ0n) is 28.4. The first-order valence-electron chi connectivity index (χ1n) is 16.6. The van der Waals surface area contributed by atoms with E-state index < -0.39 is 36.0 Å². The van der Waals surface area contributed by atoms with Gasteiger partial charge in [0.2, 0.25) is 23.6 Å². The van der Waals surface area contributed by atoms with Gasteiger partial charge in [-0.1, -0.05) is 115 Å². The SMILES string of the molecule is CN(C(=O)[C@@H]1Cc2ccccc2CN1)[C@@H](Cc1ccccc1)C(=O)N(C)[C@@H](Cc1ccccc1)C(=O)N(C)[C@@H](Cc1ccccc1)C(N)=O.